The summed E-state index contributed by atoms with van der Waals surface area (Å²) >= 11 is 0. The van der Waals surface area contributed by atoms with Crippen LogP contribution in [0.15, 0.2) is 0 Å². The smallest absolute Gasteiger partial charge is 0.0710 e. The van der Waals surface area contributed by atoms with Crippen LogP contribution in [0.2, 0.25) is 0 Å². The SMILES string of the molecule is CN(CC1CCC(C)(C)O1)C1CC2CCC(C1)N2. The van der Waals surface area contributed by atoms with Crippen LogP contribution in [0.4, 0.5) is 0 Å². The topological polar surface area (TPSA) is 24.5 Å². The maximum atomic E-state index is 6.12. The predicted molar refractivity (Wildman–Crippen MR) is 73.8 cm³/mol. The Balaban J connectivity index is 1.51. The van der Waals surface area contributed by atoms with E-state index >= 15 is 0 Å². The molecule has 3 aliphatic heterocycles. The fraction of sp³-hybridized carbons (Fsp3) is 1.00. The summed E-state index contributed by atoms with van der Waals surface area (Å²) in [6, 6.07) is 2.35. The zero-order valence-corrected chi connectivity index (χ0v) is 12.1. The van der Waals surface area contributed by atoms with Crippen molar-refractivity contribution in [1.29, 1.82) is 0 Å². The van der Waals surface area contributed by atoms with Crippen molar-refractivity contribution in [3.63, 3.8) is 0 Å². The van der Waals surface area contributed by atoms with E-state index in [2.05, 4.69) is 31.1 Å². The van der Waals surface area contributed by atoms with Crippen LogP contribution in [0.3, 0.4) is 0 Å². The maximum Gasteiger partial charge on any atom is 0.0710 e. The normalized spacial score (nSPS) is 42.7. The van der Waals surface area contributed by atoms with Gasteiger partial charge in [-0.1, -0.05) is 0 Å². The largest absolute Gasteiger partial charge is 0.371 e. The molecule has 3 aliphatic rings. The van der Waals surface area contributed by atoms with Crippen LogP contribution in [0, 0.1) is 0 Å². The van der Waals surface area contributed by atoms with Crippen LogP contribution in [0.1, 0.15) is 52.4 Å². The van der Waals surface area contributed by atoms with Crippen molar-refractivity contribution in [2.24, 2.45) is 0 Å². The number of nitrogens with one attached hydrogen (secondary N) is 1. The summed E-state index contributed by atoms with van der Waals surface area (Å²) in [6.45, 7) is 5.56. The van der Waals surface area contributed by atoms with Gasteiger partial charge in [0.25, 0.3) is 0 Å². The van der Waals surface area contributed by atoms with E-state index in [0.717, 1.165) is 24.7 Å². The number of likely N-dealkylation sites (N-methyl/N-ethyl adjacent to an activating group) is 1. The third-order valence-electron chi connectivity index (χ3n) is 5.12. The van der Waals surface area contributed by atoms with Crippen molar-refractivity contribution in [3.8, 4) is 0 Å². The minimum absolute atomic E-state index is 0.110. The number of fused-ring (bicyclic) bond motifs is 2. The number of piperidine rings is 1. The average Bonchev–Trinajstić information content (AvgIpc) is 2.81. The van der Waals surface area contributed by atoms with Crippen molar-refractivity contribution >= 4 is 0 Å². The lowest BCUT2D eigenvalue weighted by molar-refractivity contribution is -0.0323. The van der Waals surface area contributed by atoms with E-state index in [9.17, 15) is 0 Å². The Kier molecular flexibility index (Phi) is 3.41. The molecule has 0 aromatic heterocycles. The van der Waals surface area contributed by atoms with Gasteiger partial charge in [0.15, 0.2) is 0 Å². The Labute approximate surface area is 111 Å². The number of ether oxygens (including phenoxy) is 1. The summed E-state index contributed by atoms with van der Waals surface area (Å²) in [5.74, 6) is 0. The summed E-state index contributed by atoms with van der Waals surface area (Å²) < 4.78 is 6.12. The van der Waals surface area contributed by atoms with Gasteiger partial charge in [0.05, 0.1) is 11.7 Å². The van der Waals surface area contributed by atoms with Gasteiger partial charge < -0.3 is 15.0 Å². The summed E-state index contributed by atoms with van der Waals surface area (Å²) in [5, 5.41) is 3.72. The molecule has 3 heteroatoms. The van der Waals surface area contributed by atoms with Crippen LogP contribution >= 0.6 is 0 Å². The van der Waals surface area contributed by atoms with E-state index in [0.29, 0.717) is 6.10 Å². The van der Waals surface area contributed by atoms with Gasteiger partial charge in [-0.15, -0.1) is 0 Å². The summed E-state index contributed by atoms with van der Waals surface area (Å²) in [5.41, 5.74) is 0.110. The molecule has 3 heterocycles. The molecule has 3 rings (SSSR count). The third kappa shape index (κ3) is 2.73. The average molecular weight is 252 g/mol. The molecule has 2 bridgehead atoms. The molecular formula is C15H28N2O. The summed E-state index contributed by atoms with van der Waals surface area (Å²) in [7, 11) is 2.30. The number of nitrogens with zero attached hydrogens (tertiary/aromatic N) is 1. The third-order valence-corrected chi connectivity index (χ3v) is 5.12. The first kappa shape index (κ1) is 12.9. The lowest BCUT2D eigenvalue weighted by Gasteiger charge is -2.36. The van der Waals surface area contributed by atoms with Crippen LogP contribution in [-0.2, 0) is 4.74 Å². The monoisotopic (exact) mass is 252 g/mol. The zero-order valence-electron chi connectivity index (χ0n) is 12.1. The lowest BCUT2D eigenvalue weighted by Crippen LogP contribution is -2.48. The molecule has 0 aromatic carbocycles. The number of hydrogen-bond donors (Lipinski definition) is 1. The second-order valence-corrected chi connectivity index (χ2v) is 7.24. The predicted octanol–water partition coefficient (Wildman–Crippen LogP) is 2.16. The highest BCUT2D eigenvalue weighted by atomic mass is 16.5. The molecule has 3 unspecified atom stereocenters. The van der Waals surface area contributed by atoms with E-state index in [1.165, 1.54) is 38.5 Å². The van der Waals surface area contributed by atoms with Gasteiger partial charge in [0.1, 0.15) is 0 Å². The molecule has 1 N–H and O–H groups in total. The summed E-state index contributed by atoms with van der Waals surface area (Å²) in [6.07, 6.45) is 8.35. The fourth-order valence-corrected chi connectivity index (χ4v) is 4.06. The van der Waals surface area contributed by atoms with Gasteiger partial charge in [0, 0.05) is 24.7 Å². The van der Waals surface area contributed by atoms with Crippen molar-refractivity contribution in [2.75, 3.05) is 13.6 Å². The first-order valence-electron chi connectivity index (χ1n) is 7.66. The van der Waals surface area contributed by atoms with E-state index in [4.69, 9.17) is 4.74 Å². The molecule has 0 aromatic rings. The second-order valence-electron chi connectivity index (χ2n) is 7.24. The van der Waals surface area contributed by atoms with Crippen molar-refractivity contribution in [3.05, 3.63) is 0 Å². The van der Waals surface area contributed by atoms with Crippen LogP contribution in [0.25, 0.3) is 0 Å². The fourth-order valence-electron chi connectivity index (χ4n) is 4.06. The standard InChI is InChI=1S/C15H28N2O/c1-15(2)7-6-14(18-15)10-17(3)13-8-11-4-5-12(9-13)16-11/h11-14,16H,4-10H2,1-3H3. The summed E-state index contributed by atoms with van der Waals surface area (Å²) in [4.78, 5) is 2.57. The molecule has 0 amide bonds. The van der Waals surface area contributed by atoms with Gasteiger partial charge in [0.2, 0.25) is 0 Å². The van der Waals surface area contributed by atoms with E-state index in [-0.39, 0.29) is 5.60 Å². The van der Waals surface area contributed by atoms with Crippen molar-refractivity contribution in [2.45, 2.75) is 82.2 Å². The van der Waals surface area contributed by atoms with E-state index < -0.39 is 0 Å². The number of rotatable bonds is 3. The van der Waals surface area contributed by atoms with E-state index in [1.54, 1.807) is 0 Å². The van der Waals surface area contributed by atoms with Gasteiger partial charge in [-0.3, -0.25) is 0 Å². The molecule has 0 radical (unpaired) electrons. The molecule has 3 atom stereocenters. The quantitative estimate of drug-likeness (QED) is 0.833. The Bertz CT molecular complexity index is 293. The Morgan fingerprint density at radius 3 is 2.39 bits per heavy atom. The second kappa shape index (κ2) is 4.77. The molecule has 104 valence electrons. The van der Waals surface area contributed by atoms with Gasteiger partial charge >= 0.3 is 0 Å². The van der Waals surface area contributed by atoms with Crippen molar-refractivity contribution in [1.82, 2.24) is 10.2 Å². The van der Waals surface area contributed by atoms with Crippen LogP contribution in [-0.4, -0.2) is 48.3 Å². The molecule has 0 aliphatic carbocycles. The van der Waals surface area contributed by atoms with Gasteiger partial charge in [-0.25, -0.2) is 0 Å². The highest BCUT2D eigenvalue weighted by Gasteiger charge is 2.37. The first-order chi connectivity index (χ1) is 8.52. The molecule has 3 saturated heterocycles. The lowest BCUT2D eigenvalue weighted by atomic mass is 9.98. The molecule has 18 heavy (non-hydrogen) atoms. The number of hydrogen-bond acceptors (Lipinski definition) is 3. The van der Waals surface area contributed by atoms with Crippen LogP contribution < -0.4 is 5.32 Å². The van der Waals surface area contributed by atoms with Gasteiger partial charge in [-0.2, -0.15) is 0 Å². The molecule has 3 nitrogen and oxygen atoms in total. The molecule has 0 saturated carbocycles. The molecular weight excluding hydrogens is 224 g/mol. The minimum Gasteiger partial charge on any atom is -0.371 e. The molecule has 3 fully saturated rings. The van der Waals surface area contributed by atoms with E-state index in [1.807, 2.05) is 0 Å². The first-order valence-corrected chi connectivity index (χ1v) is 7.66. The molecule has 0 spiro atoms. The van der Waals surface area contributed by atoms with Crippen molar-refractivity contribution < 1.29 is 4.74 Å². The Morgan fingerprint density at radius 1 is 1.17 bits per heavy atom. The zero-order chi connectivity index (χ0) is 12.8. The van der Waals surface area contributed by atoms with Gasteiger partial charge in [-0.05, 0) is 59.4 Å². The Morgan fingerprint density at radius 2 is 1.83 bits per heavy atom. The maximum absolute atomic E-state index is 6.12. The highest BCUT2D eigenvalue weighted by Crippen LogP contribution is 2.32. The Hall–Kier alpha value is -0.120. The minimum atomic E-state index is 0.110. The highest BCUT2D eigenvalue weighted by molar-refractivity contribution is 4.95. The van der Waals surface area contributed by atoms with Crippen LogP contribution in [0.5, 0.6) is 0 Å².